The Hall–Kier alpha value is -2.84. The topological polar surface area (TPSA) is 60.7 Å². The standard InChI is InChI=1S/C25H26O3/c1-2-18(17-25(28)19-10-4-3-5-11-19)9-8-14-23(26)22-15-16-24(27)21-13-7-6-12-20(21)22/h3-8,10-13,15-16,23,25-28H,2,14,17H2,1H3/t9?,23-,25-/m1/s1. The van der Waals surface area contributed by atoms with Gasteiger partial charge in [0, 0.05) is 18.2 Å². The second-order valence-electron chi connectivity index (χ2n) is 6.91. The summed E-state index contributed by atoms with van der Waals surface area (Å²) in [5.74, 6) is 0.213. The van der Waals surface area contributed by atoms with Gasteiger partial charge >= 0.3 is 0 Å². The van der Waals surface area contributed by atoms with Crippen molar-refractivity contribution < 1.29 is 15.3 Å². The molecule has 0 spiro atoms. The number of fused-ring (bicyclic) bond motifs is 1. The van der Waals surface area contributed by atoms with Gasteiger partial charge in [0.05, 0.1) is 12.2 Å². The van der Waals surface area contributed by atoms with Crippen molar-refractivity contribution in [1.29, 1.82) is 0 Å². The second-order valence-corrected chi connectivity index (χ2v) is 6.91. The average Bonchev–Trinajstić information content (AvgIpc) is 2.74. The summed E-state index contributed by atoms with van der Waals surface area (Å²) in [6.07, 6.45) is 2.33. The molecule has 28 heavy (non-hydrogen) atoms. The molecule has 0 aliphatic heterocycles. The fourth-order valence-electron chi connectivity index (χ4n) is 3.37. The minimum absolute atomic E-state index is 0.213. The van der Waals surface area contributed by atoms with Crippen molar-refractivity contribution >= 4 is 10.8 Å². The molecule has 0 heterocycles. The number of aliphatic hydroxyl groups is 2. The van der Waals surface area contributed by atoms with E-state index in [-0.39, 0.29) is 5.75 Å². The second kappa shape index (κ2) is 9.38. The third-order valence-electron chi connectivity index (χ3n) is 4.99. The molecule has 3 aromatic carbocycles. The summed E-state index contributed by atoms with van der Waals surface area (Å²) in [5, 5.41) is 32.6. The van der Waals surface area contributed by atoms with Crippen LogP contribution < -0.4 is 0 Å². The third kappa shape index (κ3) is 4.71. The molecule has 0 unspecified atom stereocenters. The van der Waals surface area contributed by atoms with Crippen LogP contribution in [0.2, 0.25) is 0 Å². The molecule has 144 valence electrons. The predicted molar refractivity (Wildman–Crippen MR) is 113 cm³/mol. The summed E-state index contributed by atoms with van der Waals surface area (Å²) in [7, 11) is 0. The van der Waals surface area contributed by atoms with Gasteiger partial charge in [0.1, 0.15) is 5.75 Å². The van der Waals surface area contributed by atoms with Crippen LogP contribution in [0.15, 0.2) is 84.1 Å². The van der Waals surface area contributed by atoms with Crippen LogP contribution in [0.1, 0.15) is 49.5 Å². The summed E-state index contributed by atoms with van der Waals surface area (Å²) in [6, 6.07) is 20.5. The fraction of sp³-hybridized carbons (Fsp3) is 0.240. The number of hydrogen-bond donors (Lipinski definition) is 3. The quantitative estimate of drug-likeness (QED) is 0.473. The SMILES string of the molecule is CCC(=C=CC[C@@H](O)c1ccc(O)c2ccccc12)C[C@@H](O)c1ccccc1. The van der Waals surface area contributed by atoms with Crippen molar-refractivity contribution in [2.45, 2.75) is 38.4 Å². The molecule has 0 fully saturated rings. The number of phenols is 1. The van der Waals surface area contributed by atoms with Crippen molar-refractivity contribution in [3.05, 3.63) is 95.2 Å². The minimum Gasteiger partial charge on any atom is -0.507 e. The molecule has 0 aromatic heterocycles. The predicted octanol–water partition coefficient (Wildman–Crippen LogP) is 5.58. The average molecular weight is 374 g/mol. The first-order chi connectivity index (χ1) is 13.6. The van der Waals surface area contributed by atoms with Crippen molar-refractivity contribution in [2.75, 3.05) is 0 Å². The number of rotatable bonds is 7. The largest absolute Gasteiger partial charge is 0.507 e. The first kappa shape index (κ1) is 19.9. The fourth-order valence-corrected chi connectivity index (χ4v) is 3.37. The highest BCUT2D eigenvalue weighted by molar-refractivity contribution is 5.91. The van der Waals surface area contributed by atoms with Crippen molar-refractivity contribution in [1.82, 2.24) is 0 Å². The van der Waals surface area contributed by atoms with E-state index in [1.807, 2.05) is 67.6 Å². The van der Waals surface area contributed by atoms with Crippen LogP contribution in [0.4, 0.5) is 0 Å². The summed E-state index contributed by atoms with van der Waals surface area (Å²) in [6.45, 7) is 2.04. The smallest absolute Gasteiger partial charge is 0.123 e. The molecule has 3 aromatic rings. The molecule has 3 heteroatoms. The summed E-state index contributed by atoms with van der Waals surface area (Å²) in [5.41, 5.74) is 5.95. The van der Waals surface area contributed by atoms with E-state index in [9.17, 15) is 15.3 Å². The van der Waals surface area contributed by atoms with Crippen molar-refractivity contribution in [2.24, 2.45) is 0 Å². The Bertz CT molecular complexity index is 985. The van der Waals surface area contributed by atoms with E-state index in [2.05, 4.69) is 5.73 Å². The molecule has 0 radical (unpaired) electrons. The molecule has 0 saturated carbocycles. The lowest BCUT2D eigenvalue weighted by atomic mass is 9.97. The summed E-state index contributed by atoms with van der Waals surface area (Å²) >= 11 is 0. The maximum absolute atomic E-state index is 10.6. The number of phenolic OH excluding ortho intramolecular Hbond substituents is 1. The molecule has 0 aliphatic rings. The summed E-state index contributed by atoms with van der Waals surface area (Å²) < 4.78 is 0. The molecular weight excluding hydrogens is 348 g/mol. The molecular formula is C25H26O3. The van der Waals surface area contributed by atoms with Gasteiger partial charge in [-0.2, -0.15) is 0 Å². The van der Waals surface area contributed by atoms with E-state index < -0.39 is 12.2 Å². The normalized spacial score (nSPS) is 13.0. The van der Waals surface area contributed by atoms with Gasteiger partial charge in [0.25, 0.3) is 0 Å². The third-order valence-corrected chi connectivity index (χ3v) is 4.99. The van der Waals surface area contributed by atoms with E-state index in [0.29, 0.717) is 12.8 Å². The molecule has 0 aliphatic carbocycles. The van der Waals surface area contributed by atoms with E-state index in [1.54, 1.807) is 12.1 Å². The zero-order chi connectivity index (χ0) is 19.9. The van der Waals surface area contributed by atoms with Gasteiger partial charge < -0.3 is 15.3 Å². The van der Waals surface area contributed by atoms with Crippen molar-refractivity contribution in [3.63, 3.8) is 0 Å². The van der Waals surface area contributed by atoms with E-state index >= 15 is 0 Å². The molecule has 3 rings (SSSR count). The first-order valence-corrected chi connectivity index (χ1v) is 9.64. The van der Waals surface area contributed by atoms with Crippen LogP contribution in [-0.2, 0) is 0 Å². The first-order valence-electron chi connectivity index (χ1n) is 9.64. The lowest BCUT2D eigenvalue weighted by Gasteiger charge is -2.13. The Labute approximate surface area is 165 Å². The van der Waals surface area contributed by atoms with Crippen LogP contribution in [0.25, 0.3) is 10.8 Å². The number of aliphatic hydroxyl groups excluding tert-OH is 2. The Morgan fingerprint density at radius 1 is 0.893 bits per heavy atom. The highest BCUT2D eigenvalue weighted by Crippen LogP contribution is 2.32. The van der Waals surface area contributed by atoms with Gasteiger partial charge in [0.2, 0.25) is 0 Å². The Kier molecular flexibility index (Phi) is 6.67. The zero-order valence-electron chi connectivity index (χ0n) is 16.0. The minimum atomic E-state index is -0.685. The molecule has 3 N–H and O–H groups in total. The van der Waals surface area contributed by atoms with Gasteiger partial charge in [-0.15, -0.1) is 5.73 Å². The van der Waals surface area contributed by atoms with E-state index in [1.165, 1.54) is 0 Å². The highest BCUT2D eigenvalue weighted by atomic mass is 16.3. The zero-order valence-corrected chi connectivity index (χ0v) is 16.0. The van der Waals surface area contributed by atoms with Crippen LogP contribution >= 0.6 is 0 Å². The number of aromatic hydroxyl groups is 1. The molecule has 3 nitrogen and oxygen atoms in total. The van der Waals surface area contributed by atoms with E-state index in [4.69, 9.17) is 0 Å². The Morgan fingerprint density at radius 3 is 2.29 bits per heavy atom. The van der Waals surface area contributed by atoms with Crippen LogP contribution in [-0.4, -0.2) is 15.3 Å². The van der Waals surface area contributed by atoms with Gasteiger partial charge in [-0.25, -0.2) is 0 Å². The van der Waals surface area contributed by atoms with Gasteiger partial charge in [-0.3, -0.25) is 0 Å². The number of hydrogen-bond acceptors (Lipinski definition) is 3. The maximum atomic E-state index is 10.6. The van der Waals surface area contributed by atoms with Gasteiger partial charge in [0.15, 0.2) is 0 Å². The maximum Gasteiger partial charge on any atom is 0.123 e. The molecule has 2 atom stereocenters. The number of benzene rings is 3. The van der Waals surface area contributed by atoms with Crippen LogP contribution in [0, 0.1) is 0 Å². The van der Waals surface area contributed by atoms with E-state index in [0.717, 1.165) is 33.9 Å². The van der Waals surface area contributed by atoms with Crippen molar-refractivity contribution in [3.8, 4) is 5.75 Å². The Balaban J connectivity index is 1.74. The lowest BCUT2D eigenvalue weighted by Crippen LogP contribution is -1.99. The Morgan fingerprint density at radius 2 is 1.57 bits per heavy atom. The monoisotopic (exact) mass is 374 g/mol. The summed E-state index contributed by atoms with van der Waals surface area (Å²) in [4.78, 5) is 0. The molecule has 0 saturated heterocycles. The van der Waals surface area contributed by atoms with Crippen LogP contribution in [0.5, 0.6) is 5.75 Å². The highest BCUT2D eigenvalue weighted by Gasteiger charge is 2.12. The lowest BCUT2D eigenvalue weighted by molar-refractivity contribution is 0.177. The molecule has 0 bridgehead atoms. The molecule has 0 amide bonds. The van der Waals surface area contributed by atoms with Crippen LogP contribution in [0.3, 0.4) is 0 Å². The van der Waals surface area contributed by atoms with Gasteiger partial charge in [-0.05, 0) is 40.6 Å². The van der Waals surface area contributed by atoms with Gasteiger partial charge in [-0.1, -0.05) is 67.6 Å².